The van der Waals surface area contributed by atoms with Crippen molar-refractivity contribution in [3.63, 3.8) is 0 Å². The number of nitrogens with two attached hydrogens (primary N) is 1. The monoisotopic (exact) mass is 625 g/mol. The van der Waals surface area contributed by atoms with Crippen molar-refractivity contribution in [1.29, 1.82) is 0 Å². The Hall–Kier alpha value is -3.80. The Bertz CT molecular complexity index is 1540. The molecule has 3 aliphatic heterocycles. The first kappa shape index (κ1) is 30.8. The number of aryl methyl sites for hydroxylation is 2. The van der Waals surface area contributed by atoms with Crippen molar-refractivity contribution in [3.05, 3.63) is 53.3 Å². The van der Waals surface area contributed by atoms with Gasteiger partial charge in [-0.2, -0.15) is 0 Å². The third kappa shape index (κ3) is 6.82. The lowest BCUT2D eigenvalue weighted by molar-refractivity contribution is 0.0809. The first-order valence-corrected chi connectivity index (χ1v) is 17.0. The van der Waals surface area contributed by atoms with Crippen LogP contribution in [0.5, 0.6) is 0 Å². The van der Waals surface area contributed by atoms with E-state index < -0.39 is 5.91 Å². The Morgan fingerprint density at radius 1 is 0.826 bits per heavy atom. The molecule has 4 N–H and O–H groups in total. The maximum Gasteiger partial charge on any atom is 0.271 e. The van der Waals surface area contributed by atoms with Crippen LogP contribution in [0.4, 0.5) is 23.0 Å². The molecule has 1 aromatic carbocycles. The highest BCUT2D eigenvalue weighted by Gasteiger charge is 2.34. The molecule has 0 radical (unpaired) electrons. The molecule has 1 amide bonds. The van der Waals surface area contributed by atoms with Crippen LogP contribution in [0.1, 0.15) is 60.1 Å². The van der Waals surface area contributed by atoms with Gasteiger partial charge in [-0.3, -0.25) is 19.6 Å². The summed E-state index contributed by atoms with van der Waals surface area (Å²) in [5.41, 5.74) is 11.4. The van der Waals surface area contributed by atoms with Crippen molar-refractivity contribution in [2.24, 2.45) is 5.73 Å². The number of rotatable bonds is 9. The lowest BCUT2D eigenvalue weighted by Crippen LogP contribution is -2.53. The van der Waals surface area contributed by atoms with E-state index in [9.17, 15) is 4.79 Å². The van der Waals surface area contributed by atoms with Crippen LogP contribution in [0.2, 0.25) is 0 Å². The molecule has 1 saturated carbocycles. The molecular weight excluding hydrogens is 578 g/mol. The predicted octanol–water partition coefficient (Wildman–Crippen LogP) is 4.34. The number of carbonyl (C=O) groups is 1. The molecule has 0 bridgehead atoms. The summed E-state index contributed by atoms with van der Waals surface area (Å²) in [6.07, 6.45) is 8.64. The van der Waals surface area contributed by atoms with Crippen molar-refractivity contribution >= 4 is 28.9 Å². The van der Waals surface area contributed by atoms with E-state index >= 15 is 0 Å². The molecule has 46 heavy (non-hydrogen) atoms. The van der Waals surface area contributed by atoms with Crippen molar-refractivity contribution in [3.8, 4) is 11.4 Å². The Balaban J connectivity index is 1.07. The third-order valence-electron chi connectivity index (χ3n) is 10.1. The fraction of sp³-hybridized carbons (Fsp3) is 0.543. The SMILES string of the molecule is Cc1cc(Nc2nc(NC3CCOCC3)c(-c3ncccc3C)nc2C(N)=O)ccc1N1CCC(N2CCN(C3CC3)CC2)CC1. The lowest BCUT2D eigenvalue weighted by Gasteiger charge is -2.43. The number of piperazine rings is 1. The summed E-state index contributed by atoms with van der Waals surface area (Å²) in [5.74, 6) is 0.258. The summed E-state index contributed by atoms with van der Waals surface area (Å²) in [7, 11) is 0. The minimum Gasteiger partial charge on any atom is -0.381 e. The van der Waals surface area contributed by atoms with Gasteiger partial charge >= 0.3 is 0 Å². The Kier molecular flexibility index (Phi) is 9.06. The highest BCUT2D eigenvalue weighted by Crippen LogP contribution is 2.34. The summed E-state index contributed by atoms with van der Waals surface area (Å²) < 4.78 is 5.57. The second-order valence-electron chi connectivity index (χ2n) is 13.3. The number of hydrogen-bond acceptors (Lipinski definition) is 10. The Labute approximate surface area is 271 Å². The number of piperidine rings is 1. The van der Waals surface area contributed by atoms with Gasteiger partial charge in [-0.1, -0.05) is 6.07 Å². The molecule has 0 spiro atoms. The van der Waals surface area contributed by atoms with Crippen LogP contribution >= 0.6 is 0 Å². The zero-order valence-corrected chi connectivity index (χ0v) is 27.2. The fourth-order valence-corrected chi connectivity index (χ4v) is 7.33. The topological polar surface area (TPSA) is 125 Å². The number of primary amides is 1. The van der Waals surface area contributed by atoms with E-state index in [1.54, 1.807) is 6.20 Å². The molecule has 11 nitrogen and oxygen atoms in total. The van der Waals surface area contributed by atoms with Crippen LogP contribution < -0.4 is 21.3 Å². The molecular formula is C35H47N9O2. The maximum atomic E-state index is 12.7. The first-order valence-electron chi connectivity index (χ1n) is 17.0. The number of nitrogens with one attached hydrogen (secondary N) is 2. The molecule has 1 aliphatic carbocycles. The number of amides is 1. The largest absolute Gasteiger partial charge is 0.381 e. The quantitative estimate of drug-likeness (QED) is 0.316. The Morgan fingerprint density at radius 3 is 2.15 bits per heavy atom. The van der Waals surface area contributed by atoms with E-state index in [1.165, 1.54) is 63.1 Å². The second-order valence-corrected chi connectivity index (χ2v) is 13.3. The van der Waals surface area contributed by atoms with Gasteiger partial charge in [0.25, 0.3) is 5.91 Å². The molecule has 2 aromatic heterocycles. The highest BCUT2D eigenvalue weighted by atomic mass is 16.5. The molecule has 244 valence electrons. The predicted molar refractivity (Wildman–Crippen MR) is 182 cm³/mol. The average Bonchev–Trinajstić information content (AvgIpc) is 3.92. The molecule has 4 fully saturated rings. The van der Waals surface area contributed by atoms with E-state index in [4.69, 9.17) is 20.4 Å². The van der Waals surface area contributed by atoms with Crippen LogP contribution in [0.25, 0.3) is 11.4 Å². The molecule has 3 saturated heterocycles. The summed E-state index contributed by atoms with van der Waals surface area (Å²) in [6.45, 7) is 12.5. The average molecular weight is 626 g/mol. The summed E-state index contributed by atoms with van der Waals surface area (Å²) in [5, 5.41) is 6.94. The molecule has 0 unspecified atom stereocenters. The van der Waals surface area contributed by atoms with Crippen molar-refractivity contribution in [2.45, 2.75) is 70.5 Å². The smallest absolute Gasteiger partial charge is 0.271 e. The van der Waals surface area contributed by atoms with Crippen molar-refractivity contribution < 1.29 is 9.53 Å². The van der Waals surface area contributed by atoms with Gasteiger partial charge < -0.3 is 26.0 Å². The molecule has 0 atom stereocenters. The number of aromatic nitrogens is 3. The third-order valence-corrected chi connectivity index (χ3v) is 10.1. The fourth-order valence-electron chi connectivity index (χ4n) is 7.33. The molecule has 11 heteroatoms. The van der Waals surface area contributed by atoms with Crippen LogP contribution in [0.3, 0.4) is 0 Å². The molecule has 3 aromatic rings. The number of hydrogen-bond donors (Lipinski definition) is 3. The lowest BCUT2D eigenvalue weighted by atomic mass is 10.0. The summed E-state index contributed by atoms with van der Waals surface area (Å²) in [6, 6.07) is 12.0. The highest BCUT2D eigenvalue weighted by molar-refractivity contribution is 5.97. The van der Waals surface area contributed by atoms with Gasteiger partial charge in [-0.15, -0.1) is 0 Å². The minimum absolute atomic E-state index is 0.0827. The van der Waals surface area contributed by atoms with Gasteiger partial charge in [0.2, 0.25) is 0 Å². The van der Waals surface area contributed by atoms with Gasteiger partial charge in [0.15, 0.2) is 17.3 Å². The summed E-state index contributed by atoms with van der Waals surface area (Å²) >= 11 is 0. The van der Waals surface area contributed by atoms with Crippen LogP contribution in [0, 0.1) is 13.8 Å². The van der Waals surface area contributed by atoms with Gasteiger partial charge in [0.05, 0.1) is 5.69 Å². The molecule has 7 rings (SSSR count). The van der Waals surface area contributed by atoms with Crippen molar-refractivity contribution in [1.82, 2.24) is 24.8 Å². The molecule has 4 aliphatic rings. The number of benzene rings is 1. The normalized spacial score (nSPS) is 20.5. The summed E-state index contributed by atoms with van der Waals surface area (Å²) in [4.78, 5) is 34.9. The second kappa shape index (κ2) is 13.5. The van der Waals surface area contributed by atoms with Crippen LogP contribution in [0.15, 0.2) is 36.5 Å². The standard InChI is InChI=1S/C35H47N9O2/c1-23-4-3-13-37-30(23)31-34(38-25-11-20-46-21-12-25)41-35(32(40-31)33(36)45)39-26-5-8-29(24(2)22-26)44-14-9-28(10-15-44)43-18-16-42(17-19-43)27-6-7-27/h3-5,8,13,22,25,27-28H,6-7,9-12,14-21H2,1-2H3,(H2,36,45)(H2,38,39,41). The van der Waals surface area contributed by atoms with Crippen molar-refractivity contribution in [2.75, 3.05) is 68.0 Å². The van der Waals surface area contributed by atoms with Crippen LogP contribution in [-0.4, -0.2) is 101 Å². The van der Waals surface area contributed by atoms with Crippen LogP contribution in [-0.2, 0) is 4.74 Å². The van der Waals surface area contributed by atoms with Gasteiger partial charge in [0, 0.05) is 88.2 Å². The van der Waals surface area contributed by atoms with E-state index in [0.29, 0.717) is 42.3 Å². The van der Waals surface area contributed by atoms with E-state index in [-0.39, 0.29) is 11.7 Å². The van der Waals surface area contributed by atoms with E-state index in [0.717, 1.165) is 43.2 Å². The first-order chi connectivity index (χ1) is 22.4. The van der Waals surface area contributed by atoms with Gasteiger partial charge in [-0.25, -0.2) is 9.97 Å². The van der Waals surface area contributed by atoms with E-state index in [1.807, 2.05) is 19.1 Å². The molecule has 5 heterocycles. The maximum absolute atomic E-state index is 12.7. The zero-order chi connectivity index (χ0) is 31.6. The number of carbonyl (C=O) groups excluding carboxylic acids is 1. The number of pyridine rings is 1. The van der Waals surface area contributed by atoms with Gasteiger partial charge in [-0.05, 0) is 87.8 Å². The minimum atomic E-state index is -0.646. The number of anilines is 4. The zero-order valence-electron chi connectivity index (χ0n) is 27.2. The van der Waals surface area contributed by atoms with Gasteiger partial charge in [0.1, 0.15) is 5.69 Å². The number of ether oxygens (including phenoxy) is 1. The number of nitrogens with zero attached hydrogens (tertiary/aromatic N) is 6. The Morgan fingerprint density at radius 2 is 1.52 bits per heavy atom. The van der Waals surface area contributed by atoms with E-state index in [2.05, 4.69) is 55.4 Å².